The minimum Gasteiger partial charge on any atom is -0.497 e. The van der Waals surface area contributed by atoms with Gasteiger partial charge in [0, 0.05) is 18.3 Å². The number of halogens is 1. The third kappa shape index (κ3) is 4.80. The molecular weight excluding hydrogens is 411 g/mol. The predicted octanol–water partition coefficient (Wildman–Crippen LogP) is 4.01. The Labute approximate surface area is 186 Å². The first-order valence-corrected chi connectivity index (χ1v) is 10.5. The molecule has 32 heavy (non-hydrogen) atoms. The molecule has 0 unspecified atom stereocenters. The molecule has 2 N–H and O–H groups in total. The number of carbonyl (C=O) groups is 1. The highest BCUT2D eigenvalue weighted by molar-refractivity contribution is 5.79. The number of amides is 1. The third-order valence-corrected chi connectivity index (χ3v) is 5.53. The number of anilines is 1. The molecule has 1 amide bonds. The number of benzene rings is 2. The number of piperidine rings is 1. The number of hydrogen-bond donors (Lipinski definition) is 1. The molecule has 2 heterocycles. The zero-order valence-electron chi connectivity index (χ0n) is 17.8. The van der Waals surface area contributed by atoms with Crippen LogP contribution < -0.4 is 15.2 Å². The van der Waals surface area contributed by atoms with E-state index in [0.717, 1.165) is 36.1 Å². The van der Waals surface area contributed by atoms with Crippen LogP contribution in [0.1, 0.15) is 31.0 Å². The molecule has 0 bridgehead atoms. The van der Waals surface area contributed by atoms with Crippen molar-refractivity contribution in [1.82, 2.24) is 14.9 Å². The van der Waals surface area contributed by atoms with Gasteiger partial charge in [-0.2, -0.15) is 0 Å². The smallest absolute Gasteiger partial charge is 0.261 e. The topological polar surface area (TPSA) is 90.6 Å². The lowest BCUT2D eigenvalue weighted by Gasteiger charge is -2.36. The molecule has 1 aliphatic heterocycles. The molecule has 0 aliphatic carbocycles. The number of nitrogen functional groups attached to an aromatic ring is 1. The van der Waals surface area contributed by atoms with Crippen LogP contribution in [-0.4, -0.2) is 41.0 Å². The number of rotatable bonds is 6. The van der Waals surface area contributed by atoms with Crippen molar-refractivity contribution in [1.29, 1.82) is 0 Å². The molecule has 7 nitrogen and oxygen atoms in total. The van der Waals surface area contributed by atoms with E-state index in [1.807, 2.05) is 24.3 Å². The molecule has 3 aromatic rings. The summed E-state index contributed by atoms with van der Waals surface area (Å²) in [6.45, 7) is 0.453. The van der Waals surface area contributed by atoms with Gasteiger partial charge in [-0.15, -0.1) is 0 Å². The standard InChI is InChI=1S/C24H25FN4O3/c1-31-19-6-4-5-16(13-19)20-14-27-24(26)28-23(20)21-7-2-3-12-29(21)22(30)15-32-18-10-8-17(25)9-11-18/h4-6,8-11,13-14,21H,2-3,7,12,15H2,1H3,(H2,26,27,28)/t21-/m1/s1. The van der Waals surface area contributed by atoms with Crippen molar-refractivity contribution in [3.8, 4) is 22.6 Å². The fraction of sp³-hybridized carbons (Fsp3) is 0.292. The molecule has 1 atom stereocenters. The van der Waals surface area contributed by atoms with E-state index in [0.29, 0.717) is 18.0 Å². The molecule has 166 valence electrons. The van der Waals surface area contributed by atoms with Crippen molar-refractivity contribution in [3.05, 3.63) is 66.2 Å². The SMILES string of the molecule is COc1cccc(-c2cnc(N)nc2[C@H]2CCCCN2C(=O)COc2ccc(F)cc2)c1. The maximum atomic E-state index is 13.1. The van der Waals surface area contributed by atoms with Crippen molar-refractivity contribution in [3.63, 3.8) is 0 Å². The highest BCUT2D eigenvalue weighted by atomic mass is 19.1. The fourth-order valence-electron chi connectivity index (χ4n) is 3.95. The van der Waals surface area contributed by atoms with Crippen molar-refractivity contribution in [2.75, 3.05) is 26.0 Å². The highest BCUT2D eigenvalue weighted by Crippen LogP contribution is 2.36. The zero-order valence-corrected chi connectivity index (χ0v) is 17.8. The van der Waals surface area contributed by atoms with Gasteiger partial charge in [0.05, 0.1) is 18.8 Å². The van der Waals surface area contributed by atoms with Crippen molar-refractivity contribution in [2.24, 2.45) is 0 Å². The number of nitrogens with zero attached hydrogens (tertiary/aromatic N) is 3. The van der Waals surface area contributed by atoms with Gasteiger partial charge in [0.2, 0.25) is 5.95 Å². The number of likely N-dealkylation sites (tertiary alicyclic amines) is 1. The summed E-state index contributed by atoms with van der Waals surface area (Å²) in [4.78, 5) is 23.6. The number of ether oxygens (including phenoxy) is 2. The number of nitrogens with two attached hydrogens (primary N) is 1. The highest BCUT2D eigenvalue weighted by Gasteiger charge is 2.31. The maximum absolute atomic E-state index is 13.1. The van der Waals surface area contributed by atoms with E-state index in [1.54, 1.807) is 18.2 Å². The van der Waals surface area contributed by atoms with E-state index in [9.17, 15) is 9.18 Å². The Balaban J connectivity index is 1.61. The number of hydrogen-bond acceptors (Lipinski definition) is 6. The van der Waals surface area contributed by atoms with Crippen LogP contribution in [0.4, 0.5) is 10.3 Å². The van der Waals surface area contributed by atoms with Gasteiger partial charge >= 0.3 is 0 Å². The van der Waals surface area contributed by atoms with E-state index in [1.165, 1.54) is 24.3 Å². The predicted molar refractivity (Wildman–Crippen MR) is 119 cm³/mol. The van der Waals surface area contributed by atoms with Gasteiger partial charge in [-0.25, -0.2) is 14.4 Å². The molecule has 1 saturated heterocycles. The van der Waals surface area contributed by atoms with E-state index in [4.69, 9.17) is 15.2 Å². The molecule has 2 aromatic carbocycles. The molecule has 0 spiro atoms. The lowest BCUT2D eigenvalue weighted by atomic mass is 9.93. The summed E-state index contributed by atoms with van der Waals surface area (Å²) in [6, 6.07) is 13.0. The summed E-state index contributed by atoms with van der Waals surface area (Å²) in [7, 11) is 1.61. The lowest BCUT2D eigenvalue weighted by Crippen LogP contribution is -2.41. The first-order chi connectivity index (χ1) is 15.5. The Hall–Kier alpha value is -3.68. The molecular formula is C24H25FN4O3. The van der Waals surface area contributed by atoms with E-state index >= 15 is 0 Å². The second-order valence-corrected chi connectivity index (χ2v) is 7.60. The Kier molecular flexibility index (Phi) is 6.49. The Morgan fingerprint density at radius 2 is 2.00 bits per heavy atom. The first-order valence-electron chi connectivity index (χ1n) is 10.5. The van der Waals surface area contributed by atoms with Crippen molar-refractivity contribution >= 4 is 11.9 Å². The molecule has 0 radical (unpaired) electrons. The average molecular weight is 436 g/mol. The van der Waals surface area contributed by atoms with Crippen molar-refractivity contribution < 1.29 is 18.7 Å². The second kappa shape index (κ2) is 9.64. The number of carbonyl (C=O) groups excluding carboxylic acids is 1. The van der Waals surface area contributed by atoms with Gasteiger partial charge in [-0.1, -0.05) is 12.1 Å². The van der Waals surface area contributed by atoms with E-state index < -0.39 is 0 Å². The van der Waals surface area contributed by atoms with Gasteiger partial charge in [0.25, 0.3) is 5.91 Å². The Bertz CT molecular complexity index is 1090. The van der Waals surface area contributed by atoms with E-state index in [-0.39, 0.29) is 30.3 Å². The third-order valence-electron chi connectivity index (χ3n) is 5.53. The zero-order chi connectivity index (χ0) is 22.5. The lowest BCUT2D eigenvalue weighted by molar-refractivity contribution is -0.137. The largest absolute Gasteiger partial charge is 0.497 e. The molecule has 0 saturated carbocycles. The molecule has 1 fully saturated rings. The molecule has 1 aromatic heterocycles. The second-order valence-electron chi connectivity index (χ2n) is 7.60. The van der Waals surface area contributed by atoms with Gasteiger partial charge in [0.15, 0.2) is 6.61 Å². The van der Waals surface area contributed by atoms with Crippen LogP contribution >= 0.6 is 0 Å². The summed E-state index contributed by atoms with van der Waals surface area (Å²) >= 11 is 0. The van der Waals surface area contributed by atoms with Gasteiger partial charge in [-0.3, -0.25) is 4.79 Å². The minimum absolute atomic E-state index is 0.142. The quantitative estimate of drug-likeness (QED) is 0.628. The summed E-state index contributed by atoms with van der Waals surface area (Å²) in [5, 5.41) is 0. The molecule has 8 heteroatoms. The van der Waals surface area contributed by atoms with Crippen LogP contribution in [0.15, 0.2) is 54.7 Å². The number of aromatic nitrogens is 2. The molecule has 1 aliphatic rings. The van der Waals surface area contributed by atoms with Gasteiger partial charge in [0.1, 0.15) is 17.3 Å². The van der Waals surface area contributed by atoms with Crippen LogP contribution in [0.25, 0.3) is 11.1 Å². The Morgan fingerprint density at radius 1 is 1.19 bits per heavy atom. The van der Waals surface area contributed by atoms with E-state index in [2.05, 4.69) is 9.97 Å². The summed E-state index contributed by atoms with van der Waals surface area (Å²) < 4.78 is 24.1. The summed E-state index contributed by atoms with van der Waals surface area (Å²) in [5.74, 6) is 0.803. The summed E-state index contributed by atoms with van der Waals surface area (Å²) in [6.07, 6.45) is 4.32. The van der Waals surface area contributed by atoms with Crippen LogP contribution in [0.3, 0.4) is 0 Å². The van der Waals surface area contributed by atoms with Crippen molar-refractivity contribution in [2.45, 2.75) is 25.3 Å². The van der Waals surface area contributed by atoms with Crippen LogP contribution in [0, 0.1) is 5.82 Å². The minimum atomic E-state index is -0.355. The first kappa shape index (κ1) is 21.5. The monoisotopic (exact) mass is 436 g/mol. The van der Waals surface area contributed by atoms with Crippen LogP contribution in [0.5, 0.6) is 11.5 Å². The normalized spacial score (nSPS) is 15.9. The fourth-order valence-corrected chi connectivity index (χ4v) is 3.95. The maximum Gasteiger partial charge on any atom is 0.261 e. The van der Waals surface area contributed by atoms with Crippen LogP contribution in [-0.2, 0) is 4.79 Å². The Morgan fingerprint density at radius 3 is 2.78 bits per heavy atom. The van der Waals surface area contributed by atoms with Gasteiger partial charge in [-0.05, 0) is 61.2 Å². The van der Waals surface area contributed by atoms with Crippen LogP contribution in [0.2, 0.25) is 0 Å². The number of methoxy groups -OCH3 is 1. The van der Waals surface area contributed by atoms with Gasteiger partial charge < -0.3 is 20.1 Å². The molecule has 4 rings (SSSR count). The average Bonchev–Trinajstić information content (AvgIpc) is 2.83. The summed E-state index contributed by atoms with van der Waals surface area (Å²) in [5.41, 5.74) is 8.34.